The highest BCUT2D eigenvalue weighted by Crippen LogP contribution is 2.38. The molecule has 3 aromatic rings. The maximum Gasteiger partial charge on any atom is 0.206 e. The molecular formula is C18H13Cl2N3O2. The summed E-state index contributed by atoms with van der Waals surface area (Å²) >= 11 is 12.0. The molecule has 2 atom stereocenters. The van der Waals surface area contributed by atoms with Crippen LogP contribution in [0.2, 0.25) is 10.0 Å². The summed E-state index contributed by atoms with van der Waals surface area (Å²) < 4.78 is 7.71. The van der Waals surface area contributed by atoms with Gasteiger partial charge < -0.3 is 15.0 Å². The fraction of sp³-hybridized carbons (Fsp3) is 0.111. The molecule has 2 heterocycles. The molecule has 0 saturated carbocycles. The molecule has 0 spiro atoms. The Kier molecular flexibility index (Phi) is 4.00. The first-order valence-electron chi connectivity index (χ1n) is 7.58. The third kappa shape index (κ3) is 2.80. The first kappa shape index (κ1) is 16.1. The van der Waals surface area contributed by atoms with E-state index in [2.05, 4.69) is 4.98 Å². The molecule has 0 aliphatic carbocycles. The van der Waals surface area contributed by atoms with E-state index >= 15 is 0 Å². The van der Waals surface area contributed by atoms with Crippen molar-refractivity contribution in [3.05, 3.63) is 76.3 Å². The number of halogens is 2. The van der Waals surface area contributed by atoms with Crippen LogP contribution < -0.4 is 10.5 Å². The quantitative estimate of drug-likeness (QED) is 0.708. The predicted molar refractivity (Wildman–Crippen MR) is 95.7 cm³/mol. The normalized spacial score (nSPS) is 18.7. The van der Waals surface area contributed by atoms with Crippen LogP contribution in [-0.4, -0.2) is 21.4 Å². The van der Waals surface area contributed by atoms with Crippen LogP contribution in [0.1, 0.15) is 22.0 Å². The van der Waals surface area contributed by atoms with Crippen molar-refractivity contribution < 1.29 is 9.53 Å². The second-order valence-corrected chi connectivity index (χ2v) is 6.59. The van der Waals surface area contributed by atoms with Gasteiger partial charge in [0.05, 0.1) is 23.1 Å². The van der Waals surface area contributed by atoms with Gasteiger partial charge in [0.1, 0.15) is 5.75 Å². The maximum atomic E-state index is 12.8. The van der Waals surface area contributed by atoms with Crippen molar-refractivity contribution >= 4 is 29.0 Å². The van der Waals surface area contributed by atoms with Gasteiger partial charge in [-0.3, -0.25) is 4.79 Å². The van der Waals surface area contributed by atoms with Crippen LogP contribution in [0.25, 0.3) is 5.69 Å². The van der Waals surface area contributed by atoms with Crippen LogP contribution in [-0.2, 0) is 0 Å². The third-order valence-electron chi connectivity index (χ3n) is 4.19. The van der Waals surface area contributed by atoms with Crippen LogP contribution in [0.3, 0.4) is 0 Å². The molecule has 2 aromatic carbocycles. The van der Waals surface area contributed by atoms with E-state index in [0.717, 1.165) is 11.3 Å². The average Bonchev–Trinajstić information content (AvgIpc) is 3.22. The van der Waals surface area contributed by atoms with Gasteiger partial charge >= 0.3 is 0 Å². The second-order valence-electron chi connectivity index (χ2n) is 5.74. The number of nitrogens with zero attached hydrogens (tertiary/aromatic N) is 2. The lowest BCUT2D eigenvalue weighted by Crippen LogP contribution is -2.33. The van der Waals surface area contributed by atoms with Gasteiger partial charge in [-0.1, -0.05) is 29.3 Å². The van der Waals surface area contributed by atoms with Gasteiger partial charge in [0.2, 0.25) is 5.78 Å². The van der Waals surface area contributed by atoms with Gasteiger partial charge in [-0.2, -0.15) is 0 Å². The summed E-state index contributed by atoms with van der Waals surface area (Å²) in [5.41, 5.74) is 8.25. The lowest BCUT2D eigenvalue weighted by atomic mass is 9.97. The molecule has 7 heteroatoms. The summed E-state index contributed by atoms with van der Waals surface area (Å²) in [5.74, 6) is 0.316. The monoisotopic (exact) mass is 373 g/mol. The minimum absolute atomic E-state index is 0.269. The number of ketones is 1. The molecule has 5 nitrogen and oxygen atoms in total. The summed E-state index contributed by atoms with van der Waals surface area (Å²) in [6, 6.07) is 9.78. The summed E-state index contributed by atoms with van der Waals surface area (Å²) in [6.45, 7) is 0. The molecule has 1 aromatic heterocycles. The molecule has 1 aliphatic rings. The SMILES string of the molecule is NC1c2ccc(-n3ccnc3)cc2OC1C(=O)c1ccc(Cl)cc1Cl. The molecule has 0 saturated heterocycles. The largest absolute Gasteiger partial charge is 0.480 e. The topological polar surface area (TPSA) is 70.1 Å². The van der Waals surface area contributed by atoms with E-state index < -0.39 is 12.1 Å². The number of benzene rings is 2. The van der Waals surface area contributed by atoms with Gasteiger partial charge in [0, 0.05) is 34.6 Å². The van der Waals surface area contributed by atoms with Crippen LogP contribution in [0.4, 0.5) is 0 Å². The summed E-state index contributed by atoms with van der Waals surface area (Å²) in [6.07, 6.45) is 4.38. The molecule has 0 amide bonds. The lowest BCUT2D eigenvalue weighted by Gasteiger charge is -2.15. The number of aromatic nitrogens is 2. The van der Waals surface area contributed by atoms with Crippen molar-refractivity contribution in [3.8, 4) is 11.4 Å². The molecule has 2 N–H and O–H groups in total. The Morgan fingerprint density at radius 3 is 2.76 bits per heavy atom. The number of Topliss-reactive ketones (excluding diaryl/α,β-unsaturated/α-hetero) is 1. The summed E-state index contributed by atoms with van der Waals surface area (Å²) in [4.78, 5) is 16.8. The predicted octanol–water partition coefficient (Wildman–Crippen LogP) is 3.82. The van der Waals surface area contributed by atoms with Gasteiger partial charge in [-0.15, -0.1) is 0 Å². The number of hydrogen-bond donors (Lipinski definition) is 1. The molecule has 1 aliphatic heterocycles. The lowest BCUT2D eigenvalue weighted by molar-refractivity contribution is 0.0794. The maximum absolute atomic E-state index is 12.8. The van der Waals surface area contributed by atoms with E-state index in [0.29, 0.717) is 16.3 Å². The summed E-state index contributed by atoms with van der Waals surface area (Å²) in [7, 11) is 0. The average molecular weight is 374 g/mol. The molecule has 4 rings (SSSR count). The van der Waals surface area contributed by atoms with E-state index in [9.17, 15) is 4.79 Å². The van der Waals surface area contributed by atoms with Crippen LogP contribution >= 0.6 is 23.2 Å². The number of carbonyl (C=O) groups excluding carboxylic acids is 1. The van der Waals surface area contributed by atoms with Crippen molar-refractivity contribution in [2.75, 3.05) is 0 Å². The van der Waals surface area contributed by atoms with Crippen LogP contribution in [0.15, 0.2) is 55.1 Å². The highest BCUT2D eigenvalue weighted by atomic mass is 35.5. The van der Waals surface area contributed by atoms with E-state index in [1.54, 1.807) is 24.7 Å². The zero-order valence-corrected chi connectivity index (χ0v) is 14.4. The standard InChI is InChI=1S/C18H13Cl2N3O2/c19-10-1-3-12(14(20)7-10)17(24)18-16(21)13-4-2-11(8-15(13)25-18)23-6-5-22-9-23/h1-9,16,18H,21H2. The minimum Gasteiger partial charge on any atom is -0.480 e. The van der Waals surface area contributed by atoms with Gasteiger partial charge in [-0.05, 0) is 24.3 Å². The molecule has 25 heavy (non-hydrogen) atoms. The second kappa shape index (κ2) is 6.19. The number of imidazole rings is 1. The highest BCUT2D eigenvalue weighted by Gasteiger charge is 2.38. The first-order valence-corrected chi connectivity index (χ1v) is 8.34. The molecule has 0 radical (unpaired) electrons. The van der Waals surface area contributed by atoms with Crippen molar-refractivity contribution in [2.24, 2.45) is 5.73 Å². The number of hydrogen-bond acceptors (Lipinski definition) is 4. The molecular weight excluding hydrogens is 361 g/mol. The Balaban J connectivity index is 1.65. The van der Waals surface area contributed by atoms with Gasteiger partial charge in [-0.25, -0.2) is 4.98 Å². The van der Waals surface area contributed by atoms with E-state index in [1.807, 2.05) is 29.0 Å². The Hall–Kier alpha value is -2.34. The van der Waals surface area contributed by atoms with Crippen molar-refractivity contribution in [1.82, 2.24) is 9.55 Å². The Bertz CT molecular complexity index is 957. The fourth-order valence-corrected chi connectivity index (χ4v) is 3.41. The Morgan fingerprint density at radius 2 is 2.04 bits per heavy atom. The zero-order valence-electron chi connectivity index (χ0n) is 12.9. The number of rotatable bonds is 3. The summed E-state index contributed by atoms with van der Waals surface area (Å²) in [5, 5.41) is 0.745. The Labute approximate surface area is 153 Å². The molecule has 126 valence electrons. The number of nitrogens with two attached hydrogens (primary N) is 1. The zero-order chi connectivity index (χ0) is 17.6. The number of carbonyl (C=O) groups is 1. The van der Waals surface area contributed by atoms with Crippen LogP contribution in [0.5, 0.6) is 5.75 Å². The fourth-order valence-electron chi connectivity index (χ4n) is 2.91. The number of ether oxygens (including phenoxy) is 1. The van der Waals surface area contributed by atoms with E-state index in [1.165, 1.54) is 6.07 Å². The minimum atomic E-state index is -0.827. The number of fused-ring (bicyclic) bond motifs is 1. The van der Waals surface area contributed by atoms with Crippen molar-refractivity contribution in [3.63, 3.8) is 0 Å². The smallest absolute Gasteiger partial charge is 0.206 e. The van der Waals surface area contributed by atoms with Crippen molar-refractivity contribution in [1.29, 1.82) is 0 Å². The first-order chi connectivity index (χ1) is 12.0. The molecule has 0 bridgehead atoms. The van der Waals surface area contributed by atoms with Gasteiger partial charge in [0.25, 0.3) is 0 Å². The van der Waals surface area contributed by atoms with E-state index in [4.69, 9.17) is 33.7 Å². The van der Waals surface area contributed by atoms with Crippen molar-refractivity contribution in [2.45, 2.75) is 12.1 Å². The molecule has 2 unspecified atom stereocenters. The highest BCUT2D eigenvalue weighted by molar-refractivity contribution is 6.37. The Morgan fingerprint density at radius 1 is 1.20 bits per heavy atom. The van der Waals surface area contributed by atoms with Crippen LogP contribution in [0, 0.1) is 0 Å². The molecule has 0 fully saturated rings. The third-order valence-corrected chi connectivity index (χ3v) is 4.74. The van der Waals surface area contributed by atoms with Gasteiger partial charge in [0.15, 0.2) is 6.10 Å². The van der Waals surface area contributed by atoms with E-state index in [-0.39, 0.29) is 10.8 Å².